The van der Waals surface area contributed by atoms with Gasteiger partial charge in [0.1, 0.15) is 0 Å². The van der Waals surface area contributed by atoms with E-state index in [0.717, 1.165) is 5.39 Å². The molecule has 5 N–H and O–H groups in total. The quantitative estimate of drug-likeness (QED) is 0.393. The summed E-state index contributed by atoms with van der Waals surface area (Å²) >= 11 is 0. The molecular formula is C19H28ClN3O4S. The van der Waals surface area contributed by atoms with Crippen molar-refractivity contribution in [3.63, 3.8) is 0 Å². The fraction of sp³-hybridized carbons (Fsp3) is 0.474. The normalized spacial score (nSPS) is 13.9. The van der Waals surface area contributed by atoms with E-state index in [9.17, 15) is 18.0 Å². The molecule has 9 heteroatoms. The summed E-state index contributed by atoms with van der Waals surface area (Å²) in [6, 6.07) is 6.60. The van der Waals surface area contributed by atoms with E-state index in [-0.39, 0.29) is 18.0 Å². The number of fused-ring (bicyclic) bond motifs is 1. The molecule has 0 bridgehead atoms. The van der Waals surface area contributed by atoms with Crippen molar-refractivity contribution in [3.05, 3.63) is 36.0 Å². The highest BCUT2D eigenvalue weighted by Gasteiger charge is 2.46. The number of carbonyl (C=O) groups is 2. The van der Waals surface area contributed by atoms with Gasteiger partial charge in [0.15, 0.2) is 21.2 Å². The number of nitrogens with one attached hydrogen (secondary N) is 1. The van der Waals surface area contributed by atoms with E-state index in [4.69, 9.17) is 11.5 Å². The molecule has 0 radical (unpaired) electrons. The predicted octanol–water partition coefficient (Wildman–Crippen LogP) is 2.34. The minimum absolute atomic E-state index is 0. The molecule has 7 nitrogen and oxygen atoms in total. The molecule has 1 unspecified atom stereocenters. The highest BCUT2D eigenvalue weighted by atomic mass is 35.5. The van der Waals surface area contributed by atoms with Crippen LogP contribution in [0.2, 0.25) is 0 Å². The number of primary amides is 1. The summed E-state index contributed by atoms with van der Waals surface area (Å²) in [6.07, 6.45) is 3.97. The maximum atomic E-state index is 13.0. The lowest BCUT2D eigenvalue weighted by molar-refractivity contribution is -0.120. The highest BCUT2D eigenvalue weighted by molar-refractivity contribution is 7.92. The Morgan fingerprint density at radius 1 is 1.14 bits per heavy atom. The third kappa shape index (κ3) is 4.92. The van der Waals surface area contributed by atoms with E-state index < -0.39 is 38.1 Å². The fourth-order valence-corrected chi connectivity index (χ4v) is 5.61. The largest absolute Gasteiger partial charge is 0.368 e. The maximum Gasteiger partial charge on any atom is 0.246 e. The molecule has 1 aromatic heterocycles. The Morgan fingerprint density at radius 2 is 1.75 bits per heavy atom. The zero-order valence-corrected chi connectivity index (χ0v) is 17.7. The number of carbonyl (C=O) groups excluding carboxylic acids is 2. The fourth-order valence-electron chi connectivity index (χ4n) is 3.28. The van der Waals surface area contributed by atoms with Crippen molar-refractivity contribution in [2.45, 2.75) is 50.3 Å². The molecule has 0 aliphatic heterocycles. The number of benzene rings is 1. The van der Waals surface area contributed by atoms with Gasteiger partial charge < -0.3 is 16.5 Å². The topological polar surface area (TPSA) is 136 Å². The van der Waals surface area contributed by atoms with Crippen LogP contribution >= 0.6 is 12.4 Å². The van der Waals surface area contributed by atoms with Gasteiger partial charge in [0.05, 0.1) is 11.0 Å². The molecule has 1 aromatic carbocycles. The Bertz CT molecular complexity index is 936. The van der Waals surface area contributed by atoms with E-state index in [1.54, 1.807) is 18.3 Å². The lowest BCUT2D eigenvalue weighted by Gasteiger charge is -2.27. The number of aromatic nitrogens is 1. The first kappa shape index (κ1) is 24.1. The van der Waals surface area contributed by atoms with Gasteiger partial charge in [-0.25, -0.2) is 8.42 Å². The maximum absolute atomic E-state index is 13.0. The number of sulfone groups is 1. The lowest BCUT2D eigenvalue weighted by atomic mass is 9.91. The third-order valence-corrected chi connectivity index (χ3v) is 7.16. The van der Waals surface area contributed by atoms with Crippen molar-refractivity contribution in [2.24, 2.45) is 11.5 Å². The van der Waals surface area contributed by atoms with Crippen molar-refractivity contribution in [2.75, 3.05) is 5.75 Å². The molecule has 0 aliphatic carbocycles. The van der Waals surface area contributed by atoms with Crippen LogP contribution < -0.4 is 11.5 Å². The number of Topliss-reactive ketones (excluding diaryl/α,β-unsaturated/α-hetero) is 1. The molecule has 0 aliphatic rings. The number of halogens is 1. The van der Waals surface area contributed by atoms with Gasteiger partial charge in [-0.1, -0.05) is 38.8 Å². The number of nitrogens with two attached hydrogens (primary N) is 2. The summed E-state index contributed by atoms with van der Waals surface area (Å²) < 4.78 is 25.8. The second-order valence-corrected chi connectivity index (χ2v) is 9.23. The number of H-pyrrole nitrogens is 1. The summed E-state index contributed by atoms with van der Waals surface area (Å²) in [5, 5.41) is 0.236. The van der Waals surface area contributed by atoms with Gasteiger partial charge in [0, 0.05) is 17.3 Å². The smallest absolute Gasteiger partial charge is 0.246 e. The molecule has 1 heterocycles. The molecule has 0 saturated carbocycles. The first-order chi connectivity index (χ1) is 12.7. The first-order valence-corrected chi connectivity index (χ1v) is 10.8. The van der Waals surface area contributed by atoms with Crippen molar-refractivity contribution < 1.29 is 18.0 Å². The van der Waals surface area contributed by atoms with Crippen LogP contribution in [0, 0.1) is 0 Å². The Morgan fingerprint density at radius 3 is 2.29 bits per heavy atom. The van der Waals surface area contributed by atoms with E-state index in [0.29, 0.717) is 31.2 Å². The second kappa shape index (κ2) is 9.54. The number of amides is 1. The van der Waals surface area contributed by atoms with Gasteiger partial charge in [0.2, 0.25) is 5.91 Å². The standard InChI is InChI=1S/C19H27N3O4S.ClH/c1-3-5-15(6-4-2)27(25,26)12-19(21,18(20)24)17(23)14-8-7-13-9-10-22-16(13)11-14;/h7-11,15,22H,3-6,12,21H2,1-2H3,(H2,20,24);1H. The van der Waals surface area contributed by atoms with Crippen LogP contribution in [0.3, 0.4) is 0 Å². The van der Waals surface area contributed by atoms with Crippen molar-refractivity contribution in [1.82, 2.24) is 4.98 Å². The molecule has 28 heavy (non-hydrogen) atoms. The average Bonchev–Trinajstić information content (AvgIpc) is 3.07. The molecular weight excluding hydrogens is 402 g/mol. The Kier molecular flexibility index (Phi) is 8.22. The Labute approximate surface area is 171 Å². The summed E-state index contributed by atoms with van der Waals surface area (Å²) in [5.41, 5.74) is 9.96. The van der Waals surface area contributed by atoms with E-state index in [1.165, 1.54) is 6.07 Å². The van der Waals surface area contributed by atoms with E-state index in [2.05, 4.69) is 4.98 Å². The highest BCUT2D eigenvalue weighted by Crippen LogP contribution is 2.23. The van der Waals surface area contributed by atoms with Gasteiger partial charge in [-0.05, 0) is 30.4 Å². The van der Waals surface area contributed by atoms with Crippen LogP contribution in [-0.4, -0.2) is 41.6 Å². The van der Waals surface area contributed by atoms with Crippen LogP contribution in [0.15, 0.2) is 30.5 Å². The van der Waals surface area contributed by atoms with Gasteiger partial charge in [-0.15, -0.1) is 12.4 Å². The minimum atomic E-state index is -3.79. The molecule has 2 rings (SSSR count). The van der Waals surface area contributed by atoms with Crippen LogP contribution in [-0.2, 0) is 14.6 Å². The summed E-state index contributed by atoms with van der Waals surface area (Å²) in [7, 11) is -3.79. The molecule has 1 atom stereocenters. The molecule has 1 amide bonds. The number of hydrogen-bond donors (Lipinski definition) is 3. The average molecular weight is 430 g/mol. The first-order valence-electron chi connectivity index (χ1n) is 9.08. The molecule has 0 fully saturated rings. The number of ketones is 1. The second-order valence-electron chi connectivity index (χ2n) is 6.95. The van der Waals surface area contributed by atoms with Crippen LogP contribution in [0.25, 0.3) is 10.9 Å². The monoisotopic (exact) mass is 429 g/mol. The lowest BCUT2D eigenvalue weighted by Crippen LogP contribution is -2.63. The van der Waals surface area contributed by atoms with Crippen molar-refractivity contribution >= 4 is 44.8 Å². The molecule has 2 aromatic rings. The molecule has 0 spiro atoms. The van der Waals surface area contributed by atoms with Crippen molar-refractivity contribution in [3.8, 4) is 0 Å². The predicted molar refractivity (Wildman–Crippen MR) is 113 cm³/mol. The van der Waals surface area contributed by atoms with Crippen LogP contribution in [0.5, 0.6) is 0 Å². The zero-order valence-electron chi connectivity index (χ0n) is 16.1. The summed E-state index contributed by atoms with van der Waals surface area (Å²) in [4.78, 5) is 28.0. The van der Waals surface area contributed by atoms with Crippen LogP contribution in [0.1, 0.15) is 49.9 Å². The molecule has 156 valence electrons. The number of aromatic amines is 1. The van der Waals surface area contributed by atoms with Crippen LogP contribution in [0.4, 0.5) is 0 Å². The Balaban J connectivity index is 0.00000392. The summed E-state index contributed by atoms with van der Waals surface area (Å²) in [6.45, 7) is 3.78. The number of rotatable bonds is 10. The SMILES string of the molecule is CCCC(CCC)S(=O)(=O)CC(N)(C(N)=O)C(=O)c1ccc2cc[nH]c2c1.Cl. The zero-order chi connectivity index (χ0) is 20.2. The Hall–Kier alpha value is -1.90. The molecule has 0 saturated heterocycles. The van der Waals surface area contributed by atoms with Gasteiger partial charge in [0.25, 0.3) is 0 Å². The van der Waals surface area contributed by atoms with E-state index >= 15 is 0 Å². The van der Waals surface area contributed by atoms with Gasteiger partial charge in [-0.3, -0.25) is 9.59 Å². The number of hydrogen-bond acceptors (Lipinski definition) is 5. The van der Waals surface area contributed by atoms with Gasteiger partial charge in [-0.2, -0.15) is 0 Å². The minimum Gasteiger partial charge on any atom is -0.368 e. The third-order valence-electron chi connectivity index (χ3n) is 4.82. The van der Waals surface area contributed by atoms with E-state index in [1.807, 2.05) is 19.9 Å². The van der Waals surface area contributed by atoms with Gasteiger partial charge >= 0.3 is 0 Å². The summed E-state index contributed by atoms with van der Waals surface area (Å²) in [5.74, 6) is -2.72. The van der Waals surface area contributed by atoms with Crippen molar-refractivity contribution in [1.29, 1.82) is 0 Å².